The van der Waals surface area contributed by atoms with Gasteiger partial charge in [0, 0.05) is 49.1 Å². The van der Waals surface area contributed by atoms with Crippen molar-refractivity contribution in [1.29, 1.82) is 0 Å². The minimum atomic E-state index is -0.132. The van der Waals surface area contributed by atoms with E-state index in [-0.39, 0.29) is 5.82 Å². The molecule has 20 heavy (non-hydrogen) atoms. The van der Waals surface area contributed by atoms with Gasteiger partial charge < -0.3 is 14.8 Å². The van der Waals surface area contributed by atoms with E-state index in [4.69, 9.17) is 9.47 Å². The highest BCUT2D eigenvalue weighted by Crippen LogP contribution is 2.33. The number of hydrogen-bond acceptors (Lipinski definition) is 4. The van der Waals surface area contributed by atoms with E-state index in [1.807, 2.05) is 6.07 Å². The van der Waals surface area contributed by atoms with Crippen LogP contribution in [-0.2, 0) is 16.0 Å². The van der Waals surface area contributed by atoms with Crippen LogP contribution in [0.3, 0.4) is 0 Å². The Morgan fingerprint density at radius 3 is 2.95 bits per heavy atom. The van der Waals surface area contributed by atoms with Crippen molar-refractivity contribution in [3.63, 3.8) is 0 Å². The Balaban J connectivity index is 1.97. The molecule has 112 valence electrons. The highest BCUT2D eigenvalue weighted by atomic mass is 32.2. The smallest absolute Gasteiger partial charge is 0.128 e. The lowest BCUT2D eigenvalue weighted by Gasteiger charge is -2.22. The van der Waals surface area contributed by atoms with E-state index < -0.39 is 0 Å². The topological polar surface area (TPSA) is 30.5 Å². The summed E-state index contributed by atoms with van der Waals surface area (Å²) in [5.74, 6) is -0.132. The molecule has 0 atom stereocenters. The fourth-order valence-corrected chi connectivity index (χ4v) is 3.44. The first-order valence-corrected chi connectivity index (χ1v) is 7.90. The second kappa shape index (κ2) is 8.62. The van der Waals surface area contributed by atoms with Crippen molar-refractivity contribution < 1.29 is 13.9 Å². The minimum absolute atomic E-state index is 0.132. The van der Waals surface area contributed by atoms with Gasteiger partial charge >= 0.3 is 0 Å². The molecule has 0 amide bonds. The second-order valence-electron chi connectivity index (χ2n) is 4.82. The van der Waals surface area contributed by atoms with Crippen molar-refractivity contribution in [2.75, 3.05) is 33.5 Å². The van der Waals surface area contributed by atoms with Crippen LogP contribution in [0.1, 0.15) is 18.4 Å². The van der Waals surface area contributed by atoms with E-state index in [2.05, 4.69) is 5.32 Å². The van der Waals surface area contributed by atoms with Crippen molar-refractivity contribution >= 4 is 11.8 Å². The molecule has 1 fully saturated rings. The van der Waals surface area contributed by atoms with Crippen molar-refractivity contribution in [3.05, 3.63) is 29.6 Å². The van der Waals surface area contributed by atoms with E-state index in [0.29, 0.717) is 18.4 Å². The van der Waals surface area contributed by atoms with Gasteiger partial charge in [0.2, 0.25) is 0 Å². The van der Waals surface area contributed by atoms with Crippen LogP contribution in [0, 0.1) is 5.82 Å². The molecule has 0 aliphatic carbocycles. The number of methoxy groups -OCH3 is 1. The van der Waals surface area contributed by atoms with Crippen LogP contribution in [0.5, 0.6) is 0 Å². The molecule has 2 rings (SSSR count). The average molecular weight is 299 g/mol. The van der Waals surface area contributed by atoms with Crippen LogP contribution >= 0.6 is 11.8 Å². The predicted octanol–water partition coefficient (Wildman–Crippen LogP) is 2.83. The molecule has 0 spiro atoms. The Labute approximate surface area is 124 Å². The first-order valence-electron chi connectivity index (χ1n) is 7.02. The highest BCUT2D eigenvalue weighted by molar-refractivity contribution is 8.00. The molecule has 1 N–H and O–H groups in total. The normalized spacial score (nSPS) is 16.5. The van der Waals surface area contributed by atoms with Gasteiger partial charge in [0.15, 0.2) is 0 Å². The largest absolute Gasteiger partial charge is 0.383 e. The van der Waals surface area contributed by atoms with Crippen LogP contribution in [0.4, 0.5) is 4.39 Å². The molecule has 1 aromatic carbocycles. The van der Waals surface area contributed by atoms with Gasteiger partial charge in [-0.15, -0.1) is 11.8 Å². The molecule has 0 bridgehead atoms. The third-order valence-electron chi connectivity index (χ3n) is 3.32. The lowest BCUT2D eigenvalue weighted by atomic mass is 10.2. The third kappa shape index (κ3) is 4.74. The molecule has 1 saturated heterocycles. The van der Waals surface area contributed by atoms with Gasteiger partial charge in [-0.2, -0.15) is 0 Å². The summed E-state index contributed by atoms with van der Waals surface area (Å²) in [6, 6.07) is 5.33. The van der Waals surface area contributed by atoms with Gasteiger partial charge in [0.25, 0.3) is 0 Å². The maximum absolute atomic E-state index is 14.0. The Morgan fingerprint density at radius 2 is 2.20 bits per heavy atom. The predicted molar refractivity (Wildman–Crippen MR) is 79.7 cm³/mol. The summed E-state index contributed by atoms with van der Waals surface area (Å²) in [6.45, 7) is 3.54. The fourth-order valence-electron chi connectivity index (χ4n) is 2.18. The fraction of sp³-hybridized carbons (Fsp3) is 0.600. The maximum atomic E-state index is 14.0. The van der Waals surface area contributed by atoms with Crippen LogP contribution in [0.15, 0.2) is 23.1 Å². The first-order chi connectivity index (χ1) is 9.81. The number of halogens is 1. The van der Waals surface area contributed by atoms with Gasteiger partial charge in [0.1, 0.15) is 5.82 Å². The van der Waals surface area contributed by atoms with E-state index >= 15 is 0 Å². The highest BCUT2D eigenvalue weighted by Gasteiger charge is 2.17. The molecule has 0 radical (unpaired) electrons. The van der Waals surface area contributed by atoms with Crippen molar-refractivity contribution in [2.45, 2.75) is 29.5 Å². The first kappa shape index (κ1) is 15.8. The Bertz CT molecular complexity index is 411. The van der Waals surface area contributed by atoms with Gasteiger partial charge in [-0.05, 0) is 25.0 Å². The maximum Gasteiger partial charge on any atom is 0.128 e. The van der Waals surface area contributed by atoms with Gasteiger partial charge in [-0.25, -0.2) is 4.39 Å². The van der Waals surface area contributed by atoms with Crippen LogP contribution in [0.2, 0.25) is 0 Å². The summed E-state index contributed by atoms with van der Waals surface area (Å²) in [5.41, 5.74) is 0.764. The van der Waals surface area contributed by atoms with Gasteiger partial charge in [-0.3, -0.25) is 0 Å². The average Bonchev–Trinajstić information content (AvgIpc) is 2.47. The molecular weight excluding hydrogens is 277 g/mol. The van der Waals surface area contributed by atoms with E-state index in [0.717, 1.165) is 43.1 Å². The Kier molecular flexibility index (Phi) is 6.79. The zero-order valence-electron chi connectivity index (χ0n) is 11.9. The molecule has 0 saturated carbocycles. The SMILES string of the molecule is COCCNCc1c(F)cccc1SC1CCOCC1. The standard InChI is InChI=1S/C15H22FNO2S/c1-18-10-7-17-11-13-14(16)3-2-4-15(13)20-12-5-8-19-9-6-12/h2-4,12,17H,5-11H2,1H3. The van der Waals surface area contributed by atoms with E-state index in [9.17, 15) is 4.39 Å². The second-order valence-corrected chi connectivity index (χ2v) is 6.16. The zero-order valence-corrected chi connectivity index (χ0v) is 12.7. The monoisotopic (exact) mass is 299 g/mol. The number of nitrogens with one attached hydrogen (secondary N) is 1. The Hall–Kier alpha value is -0.620. The lowest BCUT2D eigenvalue weighted by molar-refractivity contribution is 0.1000. The summed E-state index contributed by atoms with van der Waals surface area (Å²) in [5, 5.41) is 3.75. The summed E-state index contributed by atoms with van der Waals surface area (Å²) >= 11 is 1.78. The quantitative estimate of drug-likeness (QED) is 0.784. The van der Waals surface area contributed by atoms with Crippen LogP contribution in [-0.4, -0.2) is 38.7 Å². The molecule has 1 aliphatic rings. The van der Waals surface area contributed by atoms with Gasteiger partial charge in [0.05, 0.1) is 6.61 Å². The minimum Gasteiger partial charge on any atom is -0.383 e. The summed E-state index contributed by atoms with van der Waals surface area (Å²) in [4.78, 5) is 1.04. The molecule has 1 heterocycles. The molecule has 1 aliphatic heterocycles. The molecule has 3 nitrogen and oxygen atoms in total. The Morgan fingerprint density at radius 1 is 1.40 bits per heavy atom. The number of hydrogen-bond donors (Lipinski definition) is 1. The molecule has 0 aromatic heterocycles. The number of thioether (sulfide) groups is 1. The van der Waals surface area contributed by atoms with Crippen molar-refractivity contribution in [2.24, 2.45) is 0 Å². The molecule has 0 unspecified atom stereocenters. The van der Waals surface area contributed by atoms with E-state index in [1.165, 1.54) is 6.07 Å². The van der Waals surface area contributed by atoms with Gasteiger partial charge in [-0.1, -0.05) is 6.07 Å². The van der Waals surface area contributed by atoms with Crippen LogP contribution < -0.4 is 5.32 Å². The molecule has 5 heteroatoms. The van der Waals surface area contributed by atoms with Crippen molar-refractivity contribution in [3.8, 4) is 0 Å². The number of ether oxygens (including phenoxy) is 2. The number of rotatable bonds is 7. The molecular formula is C15H22FNO2S. The summed E-state index contributed by atoms with van der Waals surface area (Å²) < 4.78 is 24.4. The molecule has 1 aromatic rings. The summed E-state index contributed by atoms with van der Waals surface area (Å²) in [6.07, 6.45) is 2.08. The third-order valence-corrected chi connectivity index (χ3v) is 4.76. The zero-order chi connectivity index (χ0) is 14.2. The van der Waals surface area contributed by atoms with Crippen molar-refractivity contribution in [1.82, 2.24) is 5.32 Å². The lowest BCUT2D eigenvalue weighted by Crippen LogP contribution is -2.21. The van der Waals surface area contributed by atoms with Crippen LogP contribution in [0.25, 0.3) is 0 Å². The van der Waals surface area contributed by atoms with E-state index in [1.54, 1.807) is 24.9 Å². The summed E-state index contributed by atoms with van der Waals surface area (Å²) in [7, 11) is 1.66. The number of benzene rings is 1.